The normalized spacial score (nSPS) is 27.1. The molecule has 4 aliphatic rings. The molecule has 4 aliphatic carbocycles. The monoisotopic (exact) mass is 668 g/mol. The first kappa shape index (κ1) is 33.8. The van der Waals surface area contributed by atoms with Crippen molar-refractivity contribution >= 4 is 23.2 Å². The van der Waals surface area contributed by atoms with Crippen molar-refractivity contribution in [1.29, 1.82) is 5.41 Å². The van der Waals surface area contributed by atoms with Gasteiger partial charge in [-0.15, -0.1) is 0 Å². The van der Waals surface area contributed by atoms with Crippen LogP contribution in [0.2, 0.25) is 0 Å². The molecule has 48 heavy (non-hydrogen) atoms. The Morgan fingerprint density at radius 3 is 2.33 bits per heavy atom. The van der Waals surface area contributed by atoms with E-state index in [4.69, 9.17) is 20.6 Å². The molecule has 1 fully saturated rings. The van der Waals surface area contributed by atoms with Crippen molar-refractivity contribution in [3.8, 4) is 5.75 Å². The molecule has 1 saturated carbocycles. The number of fused-ring (bicyclic) bond motifs is 4. The number of likely N-dealkylation sites (N-methyl/N-ethyl adjacent to an activating group) is 1. The molecular weight excluding hydrogens is 629 g/mol. The van der Waals surface area contributed by atoms with Gasteiger partial charge in [0.15, 0.2) is 17.2 Å². The minimum absolute atomic E-state index is 0.0353. The molecule has 0 radical (unpaired) electrons. The fourth-order valence-electron chi connectivity index (χ4n) is 8.85. The van der Waals surface area contributed by atoms with Gasteiger partial charge in [-0.3, -0.25) is 19.3 Å². The van der Waals surface area contributed by atoms with Crippen LogP contribution in [-0.4, -0.2) is 79.7 Å². The Balaban J connectivity index is 1.42. The largest absolute Gasteiger partial charge is 0.507 e. The van der Waals surface area contributed by atoms with Gasteiger partial charge in [0, 0.05) is 25.1 Å². The van der Waals surface area contributed by atoms with E-state index >= 15 is 0 Å². The number of nitrogens with two attached hydrogens (primary N) is 1. The number of aromatic hydroxyl groups is 1. The molecule has 6 rings (SSSR count). The Morgan fingerprint density at radius 2 is 1.79 bits per heavy atom. The average molecular weight is 669 g/mol. The lowest BCUT2D eigenvalue weighted by Gasteiger charge is -2.54. The van der Waals surface area contributed by atoms with Crippen molar-refractivity contribution in [2.24, 2.45) is 29.4 Å². The van der Waals surface area contributed by atoms with Crippen LogP contribution in [0.1, 0.15) is 44.6 Å². The molecule has 2 aromatic rings. The maximum atomic E-state index is 14.9. The summed E-state index contributed by atoms with van der Waals surface area (Å²) in [5.41, 5.74) is 3.65. The molecule has 0 spiro atoms. The van der Waals surface area contributed by atoms with Crippen molar-refractivity contribution in [1.82, 2.24) is 10.2 Å². The molecule has 256 valence electrons. The number of hydrogen-bond acceptors (Lipinski definition) is 9. The van der Waals surface area contributed by atoms with E-state index in [1.54, 1.807) is 19.0 Å². The Morgan fingerprint density at radius 1 is 1.15 bits per heavy atom. The summed E-state index contributed by atoms with van der Waals surface area (Å²) < 4.78 is 56.5. The summed E-state index contributed by atoms with van der Waals surface area (Å²) in [5.74, 6) is -6.61. The third kappa shape index (κ3) is 5.05. The molecule has 2 aromatic carbocycles. The Kier molecular flexibility index (Phi) is 8.54. The number of carbonyl (C=O) groups excluding carboxylic acids is 3. The predicted molar refractivity (Wildman–Crippen MR) is 168 cm³/mol. The highest BCUT2D eigenvalue weighted by Gasteiger charge is 2.66. The van der Waals surface area contributed by atoms with Gasteiger partial charge in [-0.25, -0.2) is 0 Å². The van der Waals surface area contributed by atoms with E-state index in [0.717, 1.165) is 18.9 Å². The molecule has 0 aromatic heterocycles. The van der Waals surface area contributed by atoms with Gasteiger partial charge in [0.2, 0.25) is 5.91 Å². The lowest BCUT2D eigenvalue weighted by atomic mass is 9.55. The zero-order chi connectivity index (χ0) is 34.9. The van der Waals surface area contributed by atoms with Gasteiger partial charge in [-0.1, -0.05) is 24.3 Å². The number of hydrogen-bond donors (Lipinski definition) is 4. The highest BCUT2D eigenvalue weighted by molar-refractivity contribution is 6.26. The molecular formula is C35H39F3N4O6. The summed E-state index contributed by atoms with van der Waals surface area (Å²) in [6.07, 6.45) is -3.54. The topological polar surface area (TPSA) is 155 Å². The van der Waals surface area contributed by atoms with E-state index in [2.05, 4.69) is 17.4 Å². The number of phenolic OH excluding ortho intramolecular Hbond substituents is 1. The van der Waals surface area contributed by atoms with Crippen molar-refractivity contribution in [2.75, 3.05) is 34.9 Å². The van der Waals surface area contributed by atoms with Crippen LogP contribution >= 0.6 is 0 Å². The summed E-state index contributed by atoms with van der Waals surface area (Å²) in [4.78, 5) is 42.0. The van der Waals surface area contributed by atoms with Gasteiger partial charge in [-0.2, -0.15) is 13.2 Å². The van der Waals surface area contributed by atoms with Crippen LogP contribution in [0.3, 0.4) is 0 Å². The van der Waals surface area contributed by atoms with Crippen molar-refractivity contribution < 1.29 is 42.1 Å². The Labute approximate surface area is 276 Å². The number of nitrogens with one attached hydrogen (secondary N) is 2. The van der Waals surface area contributed by atoms with Gasteiger partial charge in [0.05, 0.1) is 30.0 Å². The predicted octanol–water partition coefficient (Wildman–Crippen LogP) is 3.21. The smallest absolute Gasteiger partial charge is 0.417 e. The second-order valence-electron chi connectivity index (χ2n) is 13.5. The van der Waals surface area contributed by atoms with Crippen molar-refractivity contribution in [2.45, 2.75) is 50.0 Å². The second-order valence-corrected chi connectivity index (χ2v) is 13.5. The number of ketones is 2. The third-order valence-corrected chi connectivity index (χ3v) is 10.6. The van der Waals surface area contributed by atoms with E-state index in [0.29, 0.717) is 6.54 Å². The van der Waals surface area contributed by atoms with Gasteiger partial charge >= 0.3 is 6.18 Å². The number of rotatable bonds is 8. The molecule has 5 atom stereocenters. The van der Waals surface area contributed by atoms with Gasteiger partial charge in [0.1, 0.15) is 17.4 Å². The Hall–Kier alpha value is -4.07. The van der Waals surface area contributed by atoms with Crippen LogP contribution in [0.5, 0.6) is 5.75 Å². The van der Waals surface area contributed by atoms with E-state index in [1.165, 1.54) is 25.3 Å². The average Bonchev–Trinajstić information content (AvgIpc) is 3.42. The number of alkyl halides is 3. The molecule has 0 bridgehead atoms. The summed E-state index contributed by atoms with van der Waals surface area (Å²) in [6.45, 7) is 0.292. The summed E-state index contributed by atoms with van der Waals surface area (Å²) in [6, 6.07) is 8.00. The molecule has 5 unspecified atom stereocenters. The maximum absolute atomic E-state index is 14.9. The number of carbonyl (C=O) groups is 3. The van der Waals surface area contributed by atoms with Gasteiger partial charge < -0.3 is 31.0 Å². The van der Waals surface area contributed by atoms with Crippen LogP contribution < -0.4 is 11.1 Å². The summed E-state index contributed by atoms with van der Waals surface area (Å²) >= 11 is 0. The van der Waals surface area contributed by atoms with Gasteiger partial charge in [-0.05, 0) is 86.5 Å². The SMILES string of the molecule is COC1=C2C(=O)c3c(O)cc(CNCC4Cc5ccccc5C4)c(C(F)(F)F)c3CC2CC2C(N(C)C)C(=O)C(C(N)=O)C(=N)C12OC. The molecule has 13 heteroatoms. The first-order chi connectivity index (χ1) is 22.7. The zero-order valence-electron chi connectivity index (χ0n) is 27.2. The number of phenols is 1. The minimum Gasteiger partial charge on any atom is -0.507 e. The highest BCUT2D eigenvalue weighted by atomic mass is 19.4. The minimum atomic E-state index is -4.85. The molecule has 0 aliphatic heterocycles. The standard InChI is InChI=1S/C35H39F3N4O6/c1-42(2)28-22-12-19-11-21-25(29(44)24(19)32(47-3)34(22,48-4)31(39)26(30(28)45)33(40)46)23(43)13-20(27(21)35(36,37)38)15-41-14-16-9-17-7-5-6-8-18(17)10-16/h5-8,13,16,19,22,26,28,39,41,43H,9-12,14-15H2,1-4H3,(H2,40,46). The van der Waals surface area contributed by atoms with Crippen LogP contribution in [0, 0.1) is 29.1 Å². The number of Topliss-reactive ketones (excluding diaryl/α,β-unsaturated/α-hetero) is 2. The van der Waals surface area contributed by atoms with Crippen LogP contribution in [0.25, 0.3) is 0 Å². The molecule has 1 amide bonds. The number of methoxy groups -OCH3 is 2. The molecule has 5 N–H and O–H groups in total. The van der Waals surface area contributed by atoms with E-state index in [1.807, 2.05) is 12.1 Å². The third-order valence-electron chi connectivity index (χ3n) is 10.6. The Bertz CT molecular complexity index is 1730. The van der Waals surface area contributed by atoms with Crippen LogP contribution in [0.4, 0.5) is 13.2 Å². The number of ether oxygens (including phenoxy) is 2. The molecule has 0 saturated heterocycles. The number of primary amides is 1. The van der Waals surface area contributed by atoms with Crippen LogP contribution in [0.15, 0.2) is 41.7 Å². The zero-order valence-corrected chi connectivity index (χ0v) is 27.2. The summed E-state index contributed by atoms with van der Waals surface area (Å²) in [7, 11) is 5.70. The van der Waals surface area contributed by atoms with E-state index in [9.17, 15) is 32.7 Å². The van der Waals surface area contributed by atoms with E-state index < -0.39 is 75.6 Å². The van der Waals surface area contributed by atoms with E-state index in [-0.39, 0.29) is 47.8 Å². The second kappa shape index (κ2) is 12.1. The highest BCUT2D eigenvalue weighted by Crippen LogP contribution is 2.55. The van der Waals surface area contributed by atoms with Gasteiger partial charge in [0.25, 0.3) is 0 Å². The lowest BCUT2D eigenvalue weighted by molar-refractivity contribution is -0.143. The quantitative estimate of drug-likeness (QED) is 0.313. The first-order valence-electron chi connectivity index (χ1n) is 15.9. The first-order valence-corrected chi connectivity index (χ1v) is 15.9. The number of halogens is 3. The molecule has 10 nitrogen and oxygen atoms in total. The summed E-state index contributed by atoms with van der Waals surface area (Å²) in [5, 5.41) is 23.4. The van der Waals surface area contributed by atoms with Crippen molar-refractivity contribution in [3.63, 3.8) is 0 Å². The number of allylic oxidation sites excluding steroid dienone is 1. The number of amides is 1. The maximum Gasteiger partial charge on any atom is 0.417 e. The number of benzene rings is 2. The lowest BCUT2D eigenvalue weighted by Crippen LogP contribution is -2.70. The number of nitrogens with zero attached hydrogens (tertiary/aromatic N) is 1. The fourth-order valence-corrected chi connectivity index (χ4v) is 8.85. The van der Waals surface area contributed by atoms with Crippen LogP contribution in [-0.2, 0) is 51.0 Å². The van der Waals surface area contributed by atoms with Crippen molar-refractivity contribution in [3.05, 3.63) is 75.0 Å². The molecule has 0 heterocycles. The fraction of sp³-hybridized carbons (Fsp3) is 0.486.